The summed E-state index contributed by atoms with van der Waals surface area (Å²) in [5, 5.41) is 13.6. The SMILES string of the molecule is Cc1nc(CCn2ccnc2-c2ccc(C#CC(C)(C)O)s2)no1. The molecule has 0 aliphatic carbocycles. The van der Waals surface area contributed by atoms with Crippen molar-refractivity contribution < 1.29 is 9.63 Å². The molecule has 1 N–H and O–H groups in total. The molecule has 7 heteroatoms. The van der Waals surface area contributed by atoms with Gasteiger partial charge in [0.05, 0.1) is 9.75 Å². The molecule has 3 aromatic heterocycles. The first-order chi connectivity index (χ1) is 11.4. The highest BCUT2D eigenvalue weighted by atomic mass is 32.1. The van der Waals surface area contributed by atoms with Gasteiger partial charge in [-0.3, -0.25) is 0 Å². The maximum Gasteiger partial charge on any atom is 0.223 e. The third-order valence-electron chi connectivity index (χ3n) is 3.18. The van der Waals surface area contributed by atoms with E-state index < -0.39 is 5.60 Å². The van der Waals surface area contributed by atoms with Crippen molar-refractivity contribution in [1.29, 1.82) is 0 Å². The number of aryl methyl sites for hydroxylation is 3. The zero-order chi connectivity index (χ0) is 17.2. The molecule has 24 heavy (non-hydrogen) atoms. The Kier molecular flexibility index (Phi) is 4.51. The standard InChI is InChI=1S/C17H18N4O2S/c1-12-19-15(20-23-12)7-10-21-11-9-18-16(21)14-5-4-13(24-14)6-8-17(2,3)22/h4-5,9,11,22H,7,10H2,1-3H3. The number of rotatable bonds is 4. The van der Waals surface area contributed by atoms with Crippen molar-refractivity contribution in [2.24, 2.45) is 0 Å². The first kappa shape index (κ1) is 16.4. The van der Waals surface area contributed by atoms with Crippen molar-refractivity contribution in [3.8, 4) is 22.5 Å². The van der Waals surface area contributed by atoms with E-state index in [2.05, 4.69) is 31.5 Å². The van der Waals surface area contributed by atoms with Crippen LogP contribution in [0.1, 0.15) is 30.4 Å². The molecule has 0 fully saturated rings. The summed E-state index contributed by atoms with van der Waals surface area (Å²) in [5.41, 5.74) is -0.995. The average molecular weight is 342 g/mol. The predicted molar refractivity (Wildman–Crippen MR) is 91.5 cm³/mol. The van der Waals surface area contributed by atoms with Crippen molar-refractivity contribution in [3.05, 3.63) is 41.1 Å². The largest absolute Gasteiger partial charge is 0.378 e. The Labute approximate surface area is 144 Å². The predicted octanol–water partition coefficient (Wildman–Crippen LogP) is 2.67. The molecule has 0 amide bonds. The summed E-state index contributed by atoms with van der Waals surface area (Å²) in [5.74, 6) is 7.97. The van der Waals surface area contributed by atoms with Crippen molar-refractivity contribution in [2.45, 2.75) is 39.3 Å². The van der Waals surface area contributed by atoms with Crippen LogP contribution in [-0.4, -0.2) is 30.4 Å². The molecule has 0 spiro atoms. The summed E-state index contributed by atoms with van der Waals surface area (Å²) in [6, 6.07) is 3.94. The minimum absolute atomic E-state index is 0.573. The summed E-state index contributed by atoms with van der Waals surface area (Å²) in [4.78, 5) is 10.6. The van der Waals surface area contributed by atoms with Crippen LogP contribution >= 0.6 is 11.3 Å². The maximum absolute atomic E-state index is 9.69. The van der Waals surface area contributed by atoms with E-state index in [1.807, 2.05) is 18.3 Å². The molecule has 0 saturated carbocycles. The fourth-order valence-electron chi connectivity index (χ4n) is 2.12. The third kappa shape index (κ3) is 4.10. The van der Waals surface area contributed by atoms with Gasteiger partial charge in [-0.25, -0.2) is 4.98 Å². The Morgan fingerprint density at radius 2 is 2.21 bits per heavy atom. The Hall–Kier alpha value is -2.43. The van der Waals surface area contributed by atoms with Crippen molar-refractivity contribution >= 4 is 11.3 Å². The van der Waals surface area contributed by atoms with E-state index in [0.29, 0.717) is 18.1 Å². The van der Waals surface area contributed by atoms with Crippen LogP contribution in [0.4, 0.5) is 0 Å². The summed E-state index contributed by atoms with van der Waals surface area (Å²) in [6.07, 6.45) is 4.39. The summed E-state index contributed by atoms with van der Waals surface area (Å²) < 4.78 is 7.05. The lowest BCUT2D eigenvalue weighted by Crippen LogP contribution is -2.14. The van der Waals surface area contributed by atoms with Gasteiger partial charge in [-0.15, -0.1) is 11.3 Å². The van der Waals surface area contributed by atoms with Crippen LogP contribution in [0, 0.1) is 18.8 Å². The molecular weight excluding hydrogens is 324 g/mol. The van der Waals surface area contributed by atoms with Gasteiger partial charge in [0.1, 0.15) is 11.4 Å². The molecule has 0 aliphatic rings. The summed E-state index contributed by atoms with van der Waals surface area (Å²) in [7, 11) is 0. The molecule has 3 heterocycles. The van der Waals surface area contributed by atoms with Crippen molar-refractivity contribution in [1.82, 2.24) is 19.7 Å². The highest BCUT2D eigenvalue weighted by Gasteiger charge is 2.11. The normalized spacial score (nSPS) is 11.3. The van der Waals surface area contributed by atoms with Crippen LogP contribution in [0.25, 0.3) is 10.7 Å². The fourth-order valence-corrected chi connectivity index (χ4v) is 2.99. The van der Waals surface area contributed by atoms with Crippen molar-refractivity contribution in [3.63, 3.8) is 0 Å². The second-order valence-corrected chi connectivity index (χ2v) is 6.98. The number of nitrogens with zero attached hydrogens (tertiary/aromatic N) is 4. The number of imidazole rings is 1. The van der Waals surface area contributed by atoms with Crippen LogP contribution in [0.15, 0.2) is 29.0 Å². The van der Waals surface area contributed by atoms with Gasteiger partial charge in [-0.1, -0.05) is 17.0 Å². The van der Waals surface area contributed by atoms with Crippen LogP contribution in [-0.2, 0) is 13.0 Å². The second-order valence-electron chi connectivity index (χ2n) is 5.90. The molecule has 124 valence electrons. The number of aromatic nitrogens is 4. The zero-order valence-corrected chi connectivity index (χ0v) is 14.6. The van der Waals surface area contributed by atoms with E-state index >= 15 is 0 Å². The monoisotopic (exact) mass is 342 g/mol. The third-order valence-corrected chi connectivity index (χ3v) is 4.18. The van der Waals surface area contributed by atoms with Gasteiger partial charge >= 0.3 is 0 Å². The van der Waals surface area contributed by atoms with Gasteiger partial charge in [0, 0.05) is 32.3 Å². The zero-order valence-electron chi connectivity index (χ0n) is 13.8. The molecular formula is C17H18N4O2S. The number of aliphatic hydroxyl groups is 1. The van der Waals surface area contributed by atoms with Gasteiger partial charge in [0.2, 0.25) is 5.89 Å². The lowest BCUT2D eigenvalue weighted by atomic mass is 10.1. The lowest BCUT2D eigenvalue weighted by Gasteiger charge is -2.05. The van der Waals surface area contributed by atoms with Crippen LogP contribution < -0.4 is 0 Å². The fraction of sp³-hybridized carbons (Fsp3) is 0.353. The molecule has 0 saturated heterocycles. The minimum atomic E-state index is -0.995. The Morgan fingerprint density at radius 3 is 2.92 bits per heavy atom. The van der Waals surface area contributed by atoms with E-state index in [9.17, 15) is 5.11 Å². The summed E-state index contributed by atoms with van der Waals surface area (Å²) in [6.45, 7) is 5.83. The molecule has 6 nitrogen and oxygen atoms in total. The van der Waals surface area contributed by atoms with Crippen LogP contribution in [0.5, 0.6) is 0 Å². The Bertz CT molecular complexity index is 889. The van der Waals surface area contributed by atoms with Crippen LogP contribution in [0.2, 0.25) is 0 Å². The minimum Gasteiger partial charge on any atom is -0.378 e. The molecule has 3 aromatic rings. The van der Waals surface area contributed by atoms with Crippen molar-refractivity contribution in [2.75, 3.05) is 0 Å². The molecule has 0 bridgehead atoms. The lowest BCUT2D eigenvalue weighted by molar-refractivity contribution is 0.143. The average Bonchev–Trinajstić information content (AvgIpc) is 3.22. The van der Waals surface area contributed by atoms with Gasteiger partial charge in [-0.05, 0) is 26.0 Å². The van der Waals surface area contributed by atoms with Crippen LogP contribution in [0.3, 0.4) is 0 Å². The molecule has 0 aliphatic heterocycles. The first-order valence-corrected chi connectivity index (χ1v) is 8.38. The number of hydrogen-bond donors (Lipinski definition) is 1. The smallest absolute Gasteiger partial charge is 0.223 e. The topological polar surface area (TPSA) is 77.0 Å². The molecule has 3 rings (SSSR count). The molecule has 0 atom stereocenters. The second kappa shape index (κ2) is 6.59. The highest BCUT2D eigenvalue weighted by Crippen LogP contribution is 2.26. The van der Waals surface area contributed by atoms with E-state index in [1.54, 1.807) is 38.3 Å². The van der Waals surface area contributed by atoms with Gasteiger partial charge in [-0.2, -0.15) is 4.98 Å². The van der Waals surface area contributed by atoms with E-state index in [1.165, 1.54) is 0 Å². The maximum atomic E-state index is 9.69. The highest BCUT2D eigenvalue weighted by molar-refractivity contribution is 7.15. The van der Waals surface area contributed by atoms with Gasteiger partial charge in [0.25, 0.3) is 0 Å². The van der Waals surface area contributed by atoms with E-state index in [-0.39, 0.29) is 0 Å². The van der Waals surface area contributed by atoms with Gasteiger partial charge in [0.15, 0.2) is 5.82 Å². The number of hydrogen-bond acceptors (Lipinski definition) is 6. The quantitative estimate of drug-likeness (QED) is 0.738. The Morgan fingerprint density at radius 1 is 1.38 bits per heavy atom. The van der Waals surface area contributed by atoms with E-state index in [0.717, 1.165) is 22.1 Å². The Balaban J connectivity index is 1.75. The molecule has 0 unspecified atom stereocenters. The molecule has 0 radical (unpaired) electrons. The first-order valence-electron chi connectivity index (χ1n) is 7.57. The number of thiophene rings is 1. The summed E-state index contributed by atoms with van der Waals surface area (Å²) >= 11 is 1.55. The van der Waals surface area contributed by atoms with Gasteiger partial charge < -0.3 is 14.2 Å². The molecule has 0 aromatic carbocycles. The van der Waals surface area contributed by atoms with E-state index in [4.69, 9.17) is 4.52 Å².